The Balaban J connectivity index is 1.53. The highest BCUT2D eigenvalue weighted by atomic mass is 16.2. The molecule has 1 saturated heterocycles. The lowest BCUT2D eigenvalue weighted by molar-refractivity contribution is -0.123. The SMILES string of the molecule is O=C(CN1C2CCC1c1cncnc1C2)NC1CC1. The maximum Gasteiger partial charge on any atom is 0.234 e. The Bertz CT molecular complexity index is 514. The number of rotatable bonds is 3. The molecule has 2 bridgehead atoms. The average Bonchev–Trinajstić information content (AvgIpc) is 3.16. The van der Waals surface area contributed by atoms with Crippen LogP contribution in [0.1, 0.15) is 43.0 Å². The molecule has 19 heavy (non-hydrogen) atoms. The topological polar surface area (TPSA) is 58.1 Å². The smallest absolute Gasteiger partial charge is 0.234 e. The van der Waals surface area contributed by atoms with Crippen molar-refractivity contribution in [3.05, 3.63) is 23.8 Å². The van der Waals surface area contributed by atoms with Crippen molar-refractivity contribution in [1.29, 1.82) is 0 Å². The molecule has 1 saturated carbocycles. The second kappa shape index (κ2) is 4.27. The number of hydrogen-bond acceptors (Lipinski definition) is 4. The molecule has 1 N–H and O–H groups in total. The van der Waals surface area contributed by atoms with Gasteiger partial charge in [0.05, 0.1) is 12.2 Å². The van der Waals surface area contributed by atoms with Crippen LogP contribution in [0.25, 0.3) is 0 Å². The van der Waals surface area contributed by atoms with Gasteiger partial charge in [-0.1, -0.05) is 0 Å². The number of nitrogens with zero attached hydrogens (tertiary/aromatic N) is 3. The van der Waals surface area contributed by atoms with Gasteiger partial charge in [-0.25, -0.2) is 9.97 Å². The highest BCUT2D eigenvalue weighted by Crippen LogP contribution is 2.42. The van der Waals surface area contributed by atoms with Gasteiger partial charge in [-0.05, 0) is 25.7 Å². The quantitative estimate of drug-likeness (QED) is 0.872. The lowest BCUT2D eigenvalue weighted by Crippen LogP contribution is -2.44. The van der Waals surface area contributed by atoms with E-state index in [9.17, 15) is 4.79 Å². The van der Waals surface area contributed by atoms with Gasteiger partial charge in [0, 0.05) is 36.3 Å². The molecule has 5 nitrogen and oxygen atoms in total. The van der Waals surface area contributed by atoms with E-state index in [-0.39, 0.29) is 5.91 Å². The minimum Gasteiger partial charge on any atom is -0.352 e. The van der Waals surface area contributed by atoms with Gasteiger partial charge in [0.25, 0.3) is 0 Å². The zero-order valence-corrected chi connectivity index (χ0v) is 10.9. The highest BCUT2D eigenvalue weighted by molar-refractivity contribution is 5.78. The molecular formula is C14H18N4O. The van der Waals surface area contributed by atoms with E-state index in [0.29, 0.717) is 24.7 Å². The Hall–Kier alpha value is -1.49. The fraction of sp³-hybridized carbons (Fsp3) is 0.643. The minimum absolute atomic E-state index is 0.180. The van der Waals surface area contributed by atoms with Gasteiger partial charge in [0.15, 0.2) is 0 Å². The van der Waals surface area contributed by atoms with Crippen molar-refractivity contribution < 1.29 is 4.79 Å². The predicted octanol–water partition coefficient (Wildman–Crippen LogP) is 0.817. The van der Waals surface area contributed by atoms with Crippen LogP contribution in [0.3, 0.4) is 0 Å². The molecule has 1 amide bonds. The summed E-state index contributed by atoms with van der Waals surface area (Å²) in [5.74, 6) is 0.180. The third kappa shape index (κ3) is 2.02. The number of hydrogen-bond donors (Lipinski definition) is 1. The van der Waals surface area contributed by atoms with Crippen LogP contribution in [0.2, 0.25) is 0 Å². The molecule has 0 aromatic carbocycles. The minimum atomic E-state index is 0.180. The largest absolute Gasteiger partial charge is 0.352 e. The van der Waals surface area contributed by atoms with Crippen LogP contribution in [-0.2, 0) is 11.2 Å². The zero-order chi connectivity index (χ0) is 12.8. The summed E-state index contributed by atoms with van der Waals surface area (Å²) >= 11 is 0. The van der Waals surface area contributed by atoms with Gasteiger partial charge in [-0.15, -0.1) is 0 Å². The van der Waals surface area contributed by atoms with E-state index >= 15 is 0 Å². The highest BCUT2D eigenvalue weighted by Gasteiger charge is 2.41. The normalized spacial score (nSPS) is 29.1. The van der Waals surface area contributed by atoms with Crippen molar-refractivity contribution >= 4 is 5.91 Å². The number of aromatic nitrogens is 2. The van der Waals surface area contributed by atoms with Crippen LogP contribution < -0.4 is 5.32 Å². The summed E-state index contributed by atoms with van der Waals surface area (Å²) in [5.41, 5.74) is 2.41. The van der Waals surface area contributed by atoms with Gasteiger partial charge in [-0.3, -0.25) is 9.69 Å². The molecule has 5 heteroatoms. The molecule has 0 radical (unpaired) electrons. The van der Waals surface area contributed by atoms with E-state index in [4.69, 9.17) is 0 Å². The first kappa shape index (κ1) is 11.3. The maximum atomic E-state index is 12.0. The summed E-state index contributed by atoms with van der Waals surface area (Å²) in [6, 6.07) is 1.28. The van der Waals surface area contributed by atoms with Gasteiger partial charge in [0.2, 0.25) is 5.91 Å². The summed E-state index contributed by atoms with van der Waals surface area (Å²) in [6.07, 6.45) is 9.11. The zero-order valence-electron chi connectivity index (χ0n) is 10.9. The Morgan fingerprint density at radius 2 is 2.26 bits per heavy atom. The first-order valence-corrected chi connectivity index (χ1v) is 7.15. The fourth-order valence-corrected chi connectivity index (χ4v) is 3.43. The Morgan fingerprint density at radius 1 is 1.37 bits per heavy atom. The van der Waals surface area contributed by atoms with Crippen LogP contribution in [0.5, 0.6) is 0 Å². The van der Waals surface area contributed by atoms with Crippen molar-refractivity contribution in [3.8, 4) is 0 Å². The number of nitrogens with one attached hydrogen (secondary N) is 1. The number of fused-ring (bicyclic) bond motifs is 4. The Kier molecular flexibility index (Phi) is 2.55. The lowest BCUT2D eigenvalue weighted by Gasteiger charge is -2.34. The average molecular weight is 258 g/mol. The van der Waals surface area contributed by atoms with Crippen LogP contribution in [0, 0.1) is 0 Å². The molecule has 3 heterocycles. The monoisotopic (exact) mass is 258 g/mol. The molecule has 2 fully saturated rings. The predicted molar refractivity (Wildman–Crippen MR) is 69.4 cm³/mol. The molecule has 2 aliphatic heterocycles. The number of carbonyl (C=O) groups excluding carboxylic acids is 1. The van der Waals surface area contributed by atoms with Crippen molar-refractivity contribution in [2.24, 2.45) is 0 Å². The summed E-state index contributed by atoms with van der Waals surface area (Å²) < 4.78 is 0. The van der Waals surface area contributed by atoms with Crippen LogP contribution in [-0.4, -0.2) is 39.4 Å². The molecule has 1 aromatic rings. The molecule has 1 aliphatic carbocycles. The van der Waals surface area contributed by atoms with Crippen molar-refractivity contribution in [2.75, 3.05) is 6.54 Å². The van der Waals surface area contributed by atoms with Gasteiger partial charge in [0.1, 0.15) is 6.33 Å². The number of amides is 1. The molecule has 2 unspecified atom stereocenters. The van der Waals surface area contributed by atoms with Crippen LogP contribution >= 0.6 is 0 Å². The fourth-order valence-electron chi connectivity index (χ4n) is 3.43. The third-order valence-electron chi connectivity index (χ3n) is 4.53. The van der Waals surface area contributed by atoms with E-state index in [1.54, 1.807) is 6.33 Å². The molecule has 0 spiro atoms. The van der Waals surface area contributed by atoms with Gasteiger partial charge >= 0.3 is 0 Å². The molecule has 2 atom stereocenters. The van der Waals surface area contributed by atoms with Crippen molar-refractivity contribution in [1.82, 2.24) is 20.2 Å². The Morgan fingerprint density at radius 3 is 3.11 bits per heavy atom. The first-order chi connectivity index (χ1) is 9.31. The van der Waals surface area contributed by atoms with Crippen LogP contribution in [0.15, 0.2) is 12.5 Å². The van der Waals surface area contributed by atoms with Crippen molar-refractivity contribution in [3.63, 3.8) is 0 Å². The molecule has 100 valence electrons. The van der Waals surface area contributed by atoms with E-state index in [1.165, 1.54) is 11.3 Å². The molecule has 1 aromatic heterocycles. The Labute approximate surface area is 112 Å². The maximum absolute atomic E-state index is 12.0. The second-order valence-corrected chi connectivity index (χ2v) is 5.89. The van der Waals surface area contributed by atoms with Crippen molar-refractivity contribution in [2.45, 2.75) is 50.2 Å². The van der Waals surface area contributed by atoms with Gasteiger partial charge in [-0.2, -0.15) is 0 Å². The first-order valence-electron chi connectivity index (χ1n) is 7.15. The summed E-state index contributed by atoms with van der Waals surface area (Å²) in [5, 5.41) is 3.08. The number of carbonyl (C=O) groups is 1. The third-order valence-corrected chi connectivity index (χ3v) is 4.53. The van der Waals surface area contributed by atoms with E-state index < -0.39 is 0 Å². The molecule has 3 aliphatic rings. The van der Waals surface area contributed by atoms with E-state index in [2.05, 4.69) is 20.2 Å². The van der Waals surface area contributed by atoms with E-state index in [0.717, 1.165) is 32.1 Å². The summed E-state index contributed by atoms with van der Waals surface area (Å²) in [7, 11) is 0. The summed E-state index contributed by atoms with van der Waals surface area (Å²) in [4.78, 5) is 22.9. The molecule has 4 rings (SSSR count). The molecular weight excluding hydrogens is 240 g/mol. The van der Waals surface area contributed by atoms with Gasteiger partial charge < -0.3 is 5.32 Å². The van der Waals surface area contributed by atoms with Crippen LogP contribution in [0.4, 0.5) is 0 Å². The lowest BCUT2D eigenvalue weighted by atomic mass is 9.99. The standard InChI is InChI=1S/C14H18N4O/c19-14(17-9-1-2-9)7-18-10-3-4-13(18)11-6-15-8-16-12(11)5-10/h6,8-10,13H,1-5,7H2,(H,17,19). The van der Waals surface area contributed by atoms with E-state index in [1.807, 2.05) is 6.20 Å². The second-order valence-electron chi connectivity index (χ2n) is 5.89. The summed E-state index contributed by atoms with van der Waals surface area (Å²) in [6.45, 7) is 0.528.